The summed E-state index contributed by atoms with van der Waals surface area (Å²) in [4.78, 5) is 2.96. The lowest BCUT2D eigenvalue weighted by Gasteiger charge is -2.07. The molecule has 0 aliphatic carbocycles. The number of H-pyrrole nitrogens is 1. The Labute approximate surface area is 103 Å². The zero-order valence-electron chi connectivity index (χ0n) is 7.00. The normalized spacial score (nSPS) is 10.4. The van der Waals surface area contributed by atoms with Gasteiger partial charge in [0.15, 0.2) is 4.77 Å². The molecule has 0 radical (unpaired) electrons. The lowest BCUT2D eigenvalue weighted by molar-refractivity contribution is 1.02. The fraction of sp³-hybridized carbons (Fsp3) is 0. The van der Waals surface area contributed by atoms with E-state index in [1.54, 1.807) is 0 Å². The first-order chi connectivity index (χ1) is 6.70. The minimum absolute atomic E-state index is 0.678. The summed E-state index contributed by atoms with van der Waals surface area (Å²) < 4.78 is 4.59. The molecule has 0 aliphatic heterocycles. The van der Waals surface area contributed by atoms with Crippen molar-refractivity contribution in [3.05, 3.63) is 44.3 Å². The van der Waals surface area contributed by atoms with Crippen LogP contribution in [-0.2, 0) is 0 Å². The molecule has 2 nitrogen and oxygen atoms in total. The van der Waals surface area contributed by atoms with E-state index >= 15 is 0 Å². The average molecular weight is 334 g/mol. The van der Waals surface area contributed by atoms with Gasteiger partial charge < -0.3 is 4.98 Å². The van der Waals surface area contributed by atoms with Crippen molar-refractivity contribution < 1.29 is 0 Å². The Bertz CT molecular complexity index is 495. The fourth-order valence-electron chi connectivity index (χ4n) is 1.22. The third-order valence-electron chi connectivity index (χ3n) is 1.83. The topological polar surface area (TPSA) is 20.7 Å². The van der Waals surface area contributed by atoms with Crippen molar-refractivity contribution in [1.29, 1.82) is 0 Å². The van der Waals surface area contributed by atoms with Gasteiger partial charge >= 0.3 is 0 Å². The van der Waals surface area contributed by atoms with Crippen LogP contribution >= 0.6 is 44.1 Å². The van der Waals surface area contributed by atoms with Crippen LogP contribution in [0.3, 0.4) is 0 Å². The summed E-state index contributed by atoms with van der Waals surface area (Å²) in [6.45, 7) is 0. The van der Waals surface area contributed by atoms with Crippen molar-refractivity contribution in [2.75, 3.05) is 0 Å². The quantitative estimate of drug-likeness (QED) is 0.780. The first-order valence-corrected chi connectivity index (χ1v) is 5.90. The summed E-state index contributed by atoms with van der Waals surface area (Å²) in [7, 11) is 0. The molecule has 0 amide bonds. The molecule has 0 aliphatic rings. The predicted molar refractivity (Wildman–Crippen MR) is 66.4 cm³/mol. The van der Waals surface area contributed by atoms with Crippen LogP contribution in [0.5, 0.6) is 0 Å². The maximum Gasteiger partial charge on any atom is 0.181 e. The molecule has 1 heterocycles. The van der Waals surface area contributed by atoms with Gasteiger partial charge in [-0.3, -0.25) is 4.57 Å². The minimum Gasteiger partial charge on any atom is -0.337 e. The summed E-state index contributed by atoms with van der Waals surface area (Å²) in [5, 5.41) is 0. The van der Waals surface area contributed by atoms with Gasteiger partial charge in [-0.05, 0) is 56.2 Å². The van der Waals surface area contributed by atoms with Gasteiger partial charge in [-0.15, -0.1) is 0 Å². The van der Waals surface area contributed by atoms with Crippen LogP contribution in [0.2, 0.25) is 0 Å². The van der Waals surface area contributed by atoms with Crippen molar-refractivity contribution in [3.63, 3.8) is 0 Å². The summed E-state index contributed by atoms with van der Waals surface area (Å²) in [6, 6.07) is 5.93. The highest BCUT2D eigenvalue weighted by atomic mass is 79.9. The molecule has 2 aromatic rings. The first-order valence-electron chi connectivity index (χ1n) is 3.90. The number of para-hydroxylation sites is 1. The molecule has 1 aromatic carbocycles. The molecule has 5 heteroatoms. The molecule has 14 heavy (non-hydrogen) atoms. The summed E-state index contributed by atoms with van der Waals surface area (Å²) >= 11 is 12.1. The van der Waals surface area contributed by atoms with Crippen molar-refractivity contribution in [3.8, 4) is 5.69 Å². The highest BCUT2D eigenvalue weighted by Crippen LogP contribution is 2.28. The SMILES string of the molecule is S=c1[nH]ccn1-c1c(Br)cccc1Br. The van der Waals surface area contributed by atoms with Crippen LogP contribution in [-0.4, -0.2) is 9.55 Å². The predicted octanol–water partition coefficient (Wildman–Crippen LogP) is 4.06. The molecule has 2 rings (SSSR count). The molecule has 0 saturated carbocycles. The van der Waals surface area contributed by atoms with E-state index in [-0.39, 0.29) is 0 Å². The Hall–Kier alpha value is -0.390. The molecule has 72 valence electrons. The van der Waals surface area contributed by atoms with Crippen LogP contribution in [0.15, 0.2) is 39.5 Å². The van der Waals surface area contributed by atoms with Crippen LogP contribution < -0.4 is 0 Å². The lowest BCUT2D eigenvalue weighted by Crippen LogP contribution is -1.94. The van der Waals surface area contributed by atoms with E-state index in [1.807, 2.05) is 35.2 Å². The largest absolute Gasteiger partial charge is 0.337 e. The van der Waals surface area contributed by atoms with E-state index in [1.165, 1.54) is 0 Å². The number of nitrogens with one attached hydrogen (secondary N) is 1. The van der Waals surface area contributed by atoms with E-state index < -0.39 is 0 Å². The zero-order valence-corrected chi connectivity index (χ0v) is 11.0. The van der Waals surface area contributed by atoms with E-state index in [9.17, 15) is 0 Å². The van der Waals surface area contributed by atoms with E-state index in [2.05, 4.69) is 36.8 Å². The summed E-state index contributed by atoms with van der Waals surface area (Å²) in [6.07, 6.45) is 3.71. The highest BCUT2D eigenvalue weighted by molar-refractivity contribution is 9.11. The van der Waals surface area contributed by atoms with E-state index in [4.69, 9.17) is 12.2 Å². The molecule has 0 spiro atoms. The number of rotatable bonds is 1. The van der Waals surface area contributed by atoms with Gasteiger partial charge in [0.2, 0.25) is 0 Å². The maximum atomic E-state index is 5.15. The second-order valence-electron chi connectivity index (χ2n) is 2.71. The summed E-state index contributed by atoms with van der Waals surface area (Å²) in [5.41, 5.74) is 1.01. The molecule has 0 unspecified atom stereocenters. The maximum absolute atomic E-state index is 5.15. The van der Waals surface area contributed by atoms with E-state index in [0.717, 1.165) is 14.6 Å². The Morgan fingerprint density at radius 3 is 2.36 bits per heavy atom. The Balaban J connectivity index is 2.74. The minimum atomic E-state index is 0.678. The molecule has 0 atom stereocenters. The van der Waals surface area contributed by atoms with Crippen molar-refractivity contribution in [1.82, 2.24) is 9.55 Å². The third kappa shape index (κ3) is 1.71. The molecule has 0 saturated heterocycles. The first kappa shape index (κ1) is 10.1. The Kier molecular flexibility index (Phi) is 2.90. The molecule has 1 N–H and O–H groups in total. The van der Waals surface area contributed by atoms with Gasteiger partial charge in [0.25, 0.3) is 0 Å². The smallest absolute Gasteiger partial charge is 0.181 e. The third-order valence-corrected chi connectivity index (χ3v) is 3.42. The van der Waals surface area contributed by atoms with Crippen molar-refractivity contribution >= 4 is 44.1 Å². The van der Waals surface area contributed by atoms with Crippen LogP contribution in [0.1, 0.15) is 0 Å². The van der Waals surface area contributed by atoms with Crippen LogP contribution in [0.4, 0.5) is 0 Å². The number of hydrogen-bond acceptors (Lipinski definition) is 1. The monoisotopic (exact) mass is 332 g/mol. The second kappa shape index (κ2) is 4.00. The van der Waals surface area contributed by atoms with Crippen LogP contribution in [0, 0.1) is 4.77 Å². The second-order valence-corrected chi connectivity index (χ2v) is 4.80. The Morgan fingerprint density at radius 1 is 1.21 bits per heavy atom. The standard InChI is InChI=1S/C9H6Br2N2S/c10-6-2-1-3-7(11)8(6)13-5-4-12-9(13)14/h1-5H,(H,12,14). The van der Waals surface area contributed by atoms with Gasteiger partial charge in [-0.25, -0.2) is 0 Å². The number of benzene rings is 1. The van der Waals surface area contributed by atoms with Crippen molar-refractivity contribution in [2.24, 2.45) is 0 Å². The number of imidazole rings is 1. The van der Waals surface area contributed by atoms with Gasteiger partial charge in [0.05, 0.1) is 5.69 Å². The number of aromatic nitrogens is 2. The number of nitrogens with zero attached hydrogens (tertiary/aromatic N) is 1. The Morgan fingerprint density at radius 2 is 1.86 bits per heavy atom. The average Bonchev–Trinajstić information content (AvgIpc) is 2.52. The van der Waals surface area contributed by atoms with Crippen molar-refractivity contribution in [2.45, 2.75) is 0 Å². The molecule has 0 fully saturated rings. The molecule has 1 aromatic heterocycles. The highest BCUT2D eigenvalue weighted by Gasteiger charge is 2.06. The fourth-order valence-corrected chi connectivity index (χ4v) is 2.82. The number of aromatic amines is 1. The lowest BCUT2D eigenvalue weighted by atomic mass is 10.3. The summed E-state index contributed by atoms with van der Waals surface area (Å²) in [5.74, 6) is 0. The van der Waals surface area contributed by atoms with Gasteiger partial charge in [-0.2, -0.15) is 0 Å². The number of halogens is 2. The molecule has 0 bridgehead atoms. The molecular weight excluding hydrogens is 328 g/mol. The van der Waals surface area contributed by atoms with Gasteiger partial charge in [-0.1, -0.05) is 6.07 Å². The molecular formula is C9H6Br2N2S. The van der Waals surface area contributed by atoms with Gasteiger partial charge in [0.1, 0.15) is 0 Å². The zero-order chi connectivity index (χ0) is 10.1. The van der Waals surface area contributed by atoms with Crippen LogP contribution in [0.25, 0.3) is 5.69 Å². The van der Waals surface area contributed by atoms with E-state index in [0.29, 0.717) is 4.77 Å². The van der Waals surface area contributed by atoms with Gasteiger partial charge in [0, 0.05) is 21.3 Å². The number of hydrogen-bond donors (Lipinski definition) is 1.